The van der Waals surface area contributed by atoms with Gasteiger partial charge in [-0.3, -0.25) is 0 Å². The quantitative estimate of drug-likeness (QED) is 0.356. The SMILES string of the molecule is CCCOCCOCCNS(=O)(=O)c1ccc(O[C@H]2c3cc(Cl)cc(C(F)(F)F)c3C[C@@H]2N(C)C)cc1. The molecule has 7 nitrogen and oxygen atoms in total. The molecule has 2 aromatic rings. The summed E-state index contributed by atoms with van der Waals surface area (Å²) in [6, 6.07) is 7.81. The molecular formula is C25H32ClF3N2O5S. The molecule has 0 heterocycles. The number of sulfonamides is 1. The maximum Gasteiger partial charge on any atom is 0.416 e. The summed E-state index contributed by atoms with van der Waals surface area (Å²) >= 11 is 6.03. The first-order valence-corrected chi connectivity index (χ1v) is 13.8. The van der Waals surface area contributed by atoms with Crippen LogP contribution in [0.4, 0.5) is 13.2 Å². The van der Waals surface area contributed by atoms with E-state index in [2.05, 4.69) is 4.72 Å². The molecule has 2 aromatic carbocycles. The molecule has 1 N–H and O–H groups in total. The van der Waals surface area contributed by atoms with Crippen molar-refractivity contribution in [1.82, 2.24) is 9.62 Å². The van der Waals surface area contributed by atoms with E-state index in [1.54, 1.807) is 19.0 Å². The van der Waals surface area contributed by atoms with Crippen LogP contribution in [0.1, 0.15) is 36.1 Å². The number of nitrogens with zero attached hydrogens (tertiary/aromatic N) is 1. The monoisotopic (exact) mass is 564 g/mol. The van der Waals surface area contributed by atoms with Crippen molar-refractivity contribution in [2.45, 2.75) is 43.0 Å². The lowest BCUT2D eigenvalue weighted by molar-refractivity contribution is -0.138. The number of rotatable bonds is 13. The number of nitrogens with one attached hydrogen (secondary N) is 1. The van der Waals surface area contributed by atoms with Crippen LogP contribution in [0.3, 0.4) is 0 Å². The molecule has 1 aliphatic carbocycles. The molecule has 0 spiro atoms. The Balaban J connectivity index is 1.67. The second kappa shape index (κ2) is 12.8. The van der Waals surface area contributed by atoms with Gasteiger partial charge in [0.15, 0.2) is 0 Å². The molecule has 0 aliphatic heterocycles. The van der Waals surface area contributed by atoms with Crippen molar-refractivity contribution in [3.63, 3.8) is 0 Å². The topological polar surface area (TPSA) is 77.1 Å². The van der Waals surface area contributed by atoms with Gasteiger partial charge in [0, 0.05) is 18.2 Å². The highest BCUT2D eigenvalue weighted by molar-refractivity contribution is 7.89. The van der Waals surface area contributed by atoms with Crippen LogP contribution < -0.4 is 9.46 Å². The van der Waals surface area contributed by atoms with Gasteiger partial charge < -0.3 is 19.1 Å². The summed E-state index contributed by atoms with van der Waals surface area (Å²) in [5, 5.41) is -0.0240. The molecule has 0 aromatic heterocycles. The fourth-order valence-corrected chi connectivity index (χ4v) is 5.39. The van der Waals surface area contributed by atoms with Crippen LogP contribution >= 0.6 is 11.6 Å². The van der Waals surface area contributed by atoms with Crippen molar-refractivity contribution in [3.8, 4) is 5.75 Å². The fourth-order valence-electron chi connectivity index (χ4n) is 4.15. The number of ether oxygens (including phenoxy) is 3. The lowest BCUT2D eigenvalue weighted by Gasteiger charge is -2.27. The molecule has 0 radical (unpaired) electrons. The number of benzene rings is 2. The number of hydrogen-bond donors (Lipinski definition) is 1. The third-order valence-electron chi connectivity index (χ3n) is 5.94. The van der Waals surface area contributed by atoms with Crippen molar-refractivity contribution in [2.75, 3.05) is 47.1 Å². The molecule has 2 atom stereocenters. The minimum atomic E-state index is -4.54. The predicted octanol–water partition coefficient (Wildman–Crippen LogP) is 4.69. The maximum atomic E-state index is 13.7. The Hall–Kier alpha value is -1.89. The van der Waals surface area contributed by atoms with Gasteiger partial charge in [-0.15, -0.1) is 0 Å². The Morgan fingerprint density at radius 1 is 1.05 bits per heavy atom. The molecule has 0 saturated carbocycles. The third kappa shape index (κ3) is 7.81. The van der Waals surface area contributed by atoms with Crippen molar-refractivity contribution in [3.05, 3.63) is 58.1 Å². The molecule has 12 heteroatoms. The van der Waals surface area contributed by atoms with Gasteiger partial charge in [-0.2, -0.15) is 13.2 Å². The first-order chi connectivity index (χ1) is 17.4. The smallest absolute Gasteiger partial charge is 0.416 e. The minimum absolute atomic E-state index is 0.0240. The summed E-state index contributed by atoms with van der Waals surface area (Å²) in [4.78, 5) is 1.84. The van der Waals surface area contributed by atoms with Crippen molar-refractivity contribution in [2.24, 2.45) is 0 Å². The Morgan fingerprint density at radius 2 is 1.70 bits per heavy atom. The van der Waals surface area contributed by atoms with Crippen molar-refractivity contribution in [1.29, 1.82) is 0 Å². The molecule has 0 saturated heterocycles. The third-order valence-corrected chi connectivity index (χ3v) is 7.64. The number of halogens is 4. The van der Waals surface area contributed by atoms with Crippen molar-refractivity contribution >= 4 is 21.6 Å². The molecule has 37 heavy (non-hydrogen) atoms. The lowest BCUT2D eigenvalue weighted by Crippen LogP contribution is -2.34. The maximum absolute atomic E-state index is 13.7. The zero-order valence-corrected chi connectivity index (χ0v) is 22.5. The van der Waals surface area contributed by atoms with Crippen LogP contribution in [0.25, 0.3) is 0 Å². The van der Waals surface area contributed by atoms with Crippen LogP contribution in [0, 0.1) is 0 Å². The zero-order chi connectivity index (χ0) is 27.2. The van der Waals surface area contributed by atoms with Gasteiger partial charge in [0.05, 0.1) is 36.3 Å². The Labute approximate surface area is 220 Å². The summed E-state index contributed by atoms with van der Waals surface area (Å²) in [5.41, 5.74) is -0.238. The summed E-state index contributed by atoms with van der Waals surface area (Å²) in [6.45, 7) is 3.78. The van der Waals surface area contributed by atoms with Gasteiger partial charge in [0.2, 0.25) is 10.0 Å². The summed E-state index contributed by atoms with van der Waals surface area (Å²) < 4.78 is 85.4. The average Bonchev–Trinajstić information content (AvgIpc) is 3.18. The molecular weight excluding hydrogens is 533 g/mol. The van der Waals surface area contributed by atoms with Gasteiger partial charge in [0.25, 0.3) is 0 Å². The Bertz CT molecular complexity index is 1140. The highest BCUT2D eigenvalue weighted by Crippen LogP contribution is 2.45. The normalized spacial score (nSPS) is 17.8. The highest BCUT2D eigenvalue weighted by Gasteiger charge is 2.43. The largest absolute Gasteiger partial charge is 0.484 e. The van der Waals surface area contributed by atoms with Crippen LogP contribution in [-0.2, 0) is 32.1 Å². The second-order valence-corrected chi connectivity index (χ2v) is 11.1. The Morgan fingerprint density at radius 3 is 2.30 bits per heavy atom. The van der Waals surface area contributed by atoms with Gasteiger partial charge >= 0.3 is 6.18 Å². The van der Waals surface area contributed by atoms with Gasteiger partial charge in [-0.25, -0.2) is 13.1 Å². The zero-order valence-electron chi connectivity index (χ0n) is 21.0. The standard InChI is InChI=1S/C25H32ClF3N2O5S/c1-4-10-34-12-13-35-11-9-30-37(32,33)19-7-5-18(6-8-19)36-24-21-14-17(26)15-22(25(27,28)29)20(21)16-23(24)31(2)3/h5-8,14-15,23-24,30H,4,9-13,16H2,1-3H3/t23-,24-/m0/s1. The number of likely N-dealkylation sites (N-methyl/N-ethyl adjacent to an activating group) is 1. The van der Waals surface area contributed by atoms with Crippen LogP contribution in [-0.4, -0.2) is 66.4 Å². The van der Waals surface area contributed by atoms with Gasteiger partial charge in [-0.05, 0) is 74.5 Å². The molecule has 3 rings (SSSR count). The molecule has 206 valence electrons. The molecule has 1 aliphatic rings. The molecule has 0 bridgehead atoms. The molecule has 0 amide bonds. The van der Waals surface area contributed by atoms with E-state index in [9.17, 15) is 21.6 Å². The van der Waals surface area contributed by atoms with E-state index in [0.717, 1.165) is 12.5 Å². The van der Waals surface area contributed by atoms with Crippen LogP contribution in [0.5, 0.6) is 5.75 Å². The van der Waals surface area contributed by atoms with Gasteiger partial charge in [0.1, 0.15) is 11.9 Å². The first kappa shape index (κ1) is 29.7. The van der Waals surface area contributed by atoms with E-state index in [4.69, 9.17) is 25.8 Å². The summed E-state index contributed by atoms with van der Waals surface area (Å²) in [6.07, 6.45) is -4.20. The van der Waals surface area contributed by atoms with E-state index in [1.807, 2.05) is 6.92 Å². The minimum Gasteiger partial charge on any atom is -0.484 e. The van der Waals surface area contributed by atoms with E-state index in [0.29, 0.717) is 31.1 Å². The number of hydrogen-bond acceptors (Lipinski definition) is 6. The molecule has 0 fully saturated rings. The van der Waals surface area contributed by atoms with Crippen molar-refractivity contribution < 1.29 is 35.8 Å². The Kier molecular flexibility index (Phi) is 10.2. The van der Waals surface area contributed by atoms with E-state index in [1.165, 1.54) is 30.3 Å². The average molecular weight is 565 g/mol. The van der Waals surface area contributed by atoms with Crippen LogP contribution in [0.2, 0.25) is 5.02 Å². The predicted molar refractivity (Wildman–Crippen MR) is 135 cm³/mol. The van der Waals surface area contributed by atoms with Crippen LogP contribution in [0.15, 0.2) is 41.3 Å². The van der Waals surface area contributed by atoms with E-state index >= 15 is 0 Å². The lowest BCUT2D eigenvalue weighted by atomic mass is 10.0. The number of alkyl halides is 3. The van der Waals surface area contributed by atoms with E-state index in [-0.39, 0.29) is 41.1 Å². The highest BCUT2D eigenvalue weighted by atomic mass is 35.5. The van der Waals surface area contributed by atoms with Gasteiger partial charge in [-0.1, -0.05) is 18.5 Å². The number of fused-ring (bicyclic) bond motifs is 1. The molecule has 0 unspecified atom stereocenters. The first-order valence-electron chi connectivity index (χ1n) is 11.9. The second-order valence-electron chi connectivity index (χ2n) is 8.89. The fraction of sp³-hybridized carbons (Fsp3) is 0.520. The van der Waals surface area contributed by atoms with E-state index < -0.39 is 27.9 Å². The summed E-state index contributed by atoms with van der Waals surface area (Å²) in [5.74, 6) is 0.326. The summed E-state index contributed by atoms with van der Waals surface area (Å²) in [7, 11) is -0.236.